The minimum absolute atomic E-state index is 0.572. The van der Waals surface area contributed by atoms with Crippen molar-refractivity contribution in [2.45, 2.75) is 32.4 Å². The second kappa shape index (κ2) is 5.05. The Hall–Kier alpha value is -1.45. The van der Waals surface area contributed by atoms with E-state index in [0.29, 0.717) is 12.6 Å². The molecular weight excluding hydrogens is 202 g/mol. The first-order valence-electron chi connectivity index (χ1n) is 5.79. The number of nitrogens with one attached hydrogen (secondary N) is 2. The summed E-state index contributed by atoms with van der Waals surface area (Å²) in [7, 11) is 1.79. The van der Waals surface area contributed by atoms with Crippen LogP contribution in [0.3, 0.4) is 0 Å². The van der Waals surface area contributed by atoms with E-state index in [1.165, 1.54) is 12.8 Å². The monoisotopic (exact) mass is 221 g/mol. The van der Waals surface area contributed by atoms with Crippen molar-refractivity contribution in [3.05, 3.63) is 24.2 Å². The van der Waals surface area contributed by atoms with Crippen LogP contribution in [0.2, 0.25) is 0 Å². The van der Waals surface area contributed by atoms with E-state index in [1.54, 1.807) is 13.3 Å². The Morgan fingerprint density at radius 1 is 1.56 bits per heavy atom. The van der Waals surface area contributed by atoms with Gasteiger partial charge in [0, 0.05) is 13.1 Å². The van der Waals surface area contributed by atoms with Gasteiger partial charge < -0.3 is 15.1 Å². The summed E-state index contributed by atoms with van der Waals surface area (Å²) in [6.45, 7) is 2.94. The molecule has 1 aromatic rings. The summed E-state index contributed by atoms with van der Waals surface area (Å²) in [6.07, 6.45) is 4.23. The third kappa shape index (κ3) is 2.56. The SMILES string of the molecule is CN=C(NCc1ccco1)NC1CCC1C. The maximum atomic E-state index is 5.25. The smallest absolute Gasteiger partial charge is 0.191 e. The molecule has 2 N–H and O–H groups in total. The molecule has 0 spiro atoms. The minimum Gasteiger partial charge on any atom is -0.467 e. The maximum absolute atomic E-state index is 5.25. The average molecular weight is 221 g/mol. The van der Waals surface area contributed by atoms with Crippen molar-refractivity contribution in [3.8, 4) is 0 Å². The highest BCUT2D eigenvalue weighted by Crippen LogP contribution is 2.26. The fourth-order valence-electron chi connectivity index (χ4n) is 1.84. The molecule has 1 saturated carbocycles. The molecule has 0 aromatic carbocycles. The molecule has 16 heavy (non-hydrogen) atoms. The van der Waals surface area contributed by atoms with Crippen LogP contribution in [0.5, 0.6) is 0 Å². The molecule has 0 radical (unpaired) electrons. The Morgan fingerprint density at radius 3 is 2.94 bits per heavy atom. The van der Waals surface area contributed by atoms with Gasteiger partial charge in [-0.3, -0.25) is 4.99 Å². The molecule has 2 atom stereocenters. The van der Waals surface area contributed by atoms with E-state index in [9.17, 15) is 0 Å². The Bertz CT molecular complexity index is 345. The normalized spacial score (nSPS) is 25.0. The van der Waals surface area contributed by atoms with Crippen LogP contribution >= 0.6 is 0 Å². The van der Waals surface area contributed by atoms with Gasteiger partial charge in [-0.2, -0.15) is 0 Å². The van der Waals surface area contributed by atoms with Gasteiger partial charge in [0.2, 0.25) is 0 Å². The number of hydrogen-bond acceptors (Lipinski definition) is 2. The predicted molar refractivity (Wildman–Crippen MR) is 64.2 cm³/mol. The molecule has 0 amide bonds. The lowest BCUT2D eigenvalue weighted by Gasteiger charge is -2.35. The predicted octanol–water partition coefficient (Wildman–Crippen LogP) is 1.74. The number of guanidine groups is 1. The van der Waals surface area contributed by atoms with Crippen molar-refractivity contribution in [3.63, 3.8) is 0 Å². The average Bonchev–Trinajstić information content (AvgIpc) is 2.80. The summed E-state index contributed by atoms with van der Waals surface area (Å²) >= 11 is 0. The second-order valence-corrected chi connectivity index (χ2v) is 4.31. The molecule has 1 aromatic heterocycles. The van der Waals surface area contributed by atoms with Gasteiger partial charge in [0.25, 0.3) is 0 Å². The van der Waals surface area contributed by atoms with Gasteiger partial charge in [0.1, 0.15) is 5.76 Å². The van der Waals surface area contributed by atoms with Gasteiger partial charge in [0.15, 0.2) is 5.96 Å². The zero-order valence-electron chi connectivity index (χ0n) is 9.86. The Morgan fingerprint density at radius 2 is 2.44 bits per heavy atom. The highest BCUT2D eigenvalue weighted by atomic mass is 16.3. The highest BCUT2D eigenvalue weighted by molar-refractivity contribution is 5.80. The highest BCUT2D eigenvalue weighted by Gasteiger charge is 2.27. The fourth-order valence-corrected chi connectivity index (χ4v) is 1.84. The maximum Gasteiger partial charge on any atom is 0.191 e. The zero-order valence-corrected chi connectivity index (χ0v) is 9.86. The number of furan rings is 1. The van der Waals surface area contributed by atoms with Gasteiger partial charge in [-0.1, -0.05) is 6.92 Å². The van der Waals surface area contributed by atoms with Crippen molar-refractivity contribution < 1.29 is 4.42 Å². The first-order chi connectivity index (χ1) is 7.79. The Kier molecular flexibility index (Phi) is 3.49. The molecule has 1 fully saturated rings. The van der Waals surface area contributed by atoms with Crippen molar-refractivity contribution >= 4 is 5.96 Å². The number of hydrogen-bond donors (Lipinski definition) is 2. The standard InChI is InChI=1S/C12H19N3O/c1-9-5-6-11(9)15-12(13-2)14-8-10-4-3-7-16-10/h3-4,7,9,11H,5-6,8H2,1-2H3,(H2,13,14,15). The van der Waals surface area contributed by atoms with Crippen molar-refractivity contribution in [1.29, 1.82) is 0 Å². The van der Waals surface area contributed by atoms with Crippen molar-refractivity contribution in [2.75, 3.05) is 7.05 Å². The third-order valence-corrected chi connectivity index (χ3v) is 3.18. The molecule has 1 aliphatic carbocycles. The van der Waals surface area contributed by atoms with Gasteiger partial charge in [-0.05, 0) is 30.9 Å². The van der Waals surface area contributed by atoms with Crippen LogP contribution in [-0.4, -0.2) is 19.0 Å². The van der Waals surface area contributed by atoms with Crippen LogP contribution in [0.4, 0.5) is 0 Å². The summed E-state index contributed by atoms with van der Waals surface area (Å²) in [5.41, 5.74) is 0. The van der Waals surface area contributed by atoms with E-state index >= 15 is 0 Å². The largest absolute Gasteiger partial charge is 0.467 e. The molecular formula is C12H19N3O. The Balaban J connectivity index is 1.78. The number of rotatable bonds is 3. The van der Waals surface area contributed by atoms with Gasteiger partial charge in [-0.15, -0.1) is 0 Å². The minimum atomic E-state index is 0.572. The summed E-state index contributed by atoms with van der Waals surface area (Å²) in [4.78, 5) is 4.20. The summed E-state index contributed by atoms with van der Waals surface area (Å²) < 4.78 is 5.25. The van der Waals surface area contributed by atoms with Crippen molar-refractivity contribution in [2.24, 2.45) is 10.9 Å². The van der Waals surface area contributed by atoms with E-state index in [2.05, 4.69) is 22.5 Å². The molecule has 1 heterocycles. The van der Waals surface area contributed by atoms with Gasteiger partial charge in [0.05, 0.1) is 12.8 Å². The molecule has 88 valence electrons. The lowest BCUT2D eigenvalue weighted by Crippen LogP contribution is -2.50. The van der Waals surface area contributed by atoms with Crippen LogP contribution in [-0.2, 0) is 6.54 Å². The molecule has 4 nitrogen and oxygen atoms in total. The fraction of sp³-hybridized carbons (Fsp3) is 0.583. The topological polar surface area (TPSA) is 49.6 Å². The van der Waals surface area contributed by atoms with Crippen LogP contribution in [0.25, 0.3) is 0 Å². The second-order valence-electron chi connectivity index (χ2n) is 4.31. The molecule has 2 unspecified atom stereocenters. The first-order valence-corrected chi connectivity index (χ1v) is 5.79. The van der Waals surface area contributed by atoms with Gasteiger partial charge >= 0.3 is 0 Å². The summed E-state index contributed by atoms with van der Waals surface area (Å²) in [5, 5.41) is 6.65. The van der Waals surface area contributed by atoms with Crippen LogP contribution in [0.1, 0.15) is 25.5 Å². The van der Waals surface area contributed by atoms with E-state index in [-0.39, 0.29) is 0 Å². The van der Waals surface area contributed by atoms with E-state index in [4.69, 9.17) is 4.42 Å². The van der Waals surface area contributed by atoms with E-state index in [1.807, 2.05) is 12.1 Å². The van der Waals surface area contributed by atoms with Crippen LogP contribution in [0.15, 0.2) is 27.8 Å². The van der Waals surface area contributed by atoms with Crippen molar-refractivity contribution in [1.82, 2.24) is 10.6 Å². The molecule has 0 saturated heterocycles. The Labute approximate surface area is 96.1 Å². The molecule has 0 bridgehead atoms. The molecule has 0 aliphatic heterocycles. The number of nitrogens with zero attached hydrogens (tertiary/aromatic N) is 1. The van der Waals surface area contributed by atoms with Crippen LogP contribution < -0.4 is 10.6 Å². The van der Waals surface area contributed by atoms with E-state index in [0.717, 1.165) is 17.6 Å². The molecule has 1 aliphatic rings. The third-order valence-electron chi connectivity index (χ3n) is 3.18. The zero-order chi connectivity index (χ0) is 11.4. The lowest BCUT2D eigenvalue weighted by molar-refractivity contribution is 0.255. The summed E-state index contributed by atoms with van der Waals surface area (Å²) in [5.74, 6) is 2.53. The quantitative estimate of drug-likeness (QED) is 0.604. The molecule has 2 rings (SSSR count). The van der Waals surface area contributed by atoms with Crippen LogP contribution in [0, 0.1) is 5.92 Å². The number of aliphatic imine (C=N–C) groups is 1. The summed E-state index contributed by atoms with van der Waals surface area (Å²) in [6, 6.07) is 4.41. The first kappa shape index (κ1) is 11.0. The molecule has 4 heteroatoms. The van der Waals surface area contributed by atoms with Gasteiger partial charge in [-0.25, -0.2) is 0 Å². The lowest BCUT2D eigenvalue weighted by atomic mass is 9.81. The van der Waals surface area contributed by atoms with E-state index < -0.39 is 0 Å².